The molecule has 17 heavy (non-hydrogen) atoms. The van der Waals surface area contributed by atoms with E-state index in [-0.39, 0.29) is 10.6 Å². The zero-order chi connectivity index (χ0) is 12.3. The third-order valence-corrected chi connectivity index (χ3v) is 4.21. The van der Waals surface area contributed by atoms with Crippen LogP contribution in [0.3, 0.4) is 0 Å². The molecule has 1 aromatic rings. The third kappa shape index (κ3) is 2.97. The van der Waals surface area contributed by atoms with Crippen molar-refractivity contribution in [1.29, 1.82) is 0 Å². The van der Waals surface area contributed by atoms with Gasteiger partial charge in [0.15, 0.2) is 5.82 Å². The average Bonchev–Trinajstić information content (AvgIpc) is 2.80. The fourth-order valence-electron chi connectivity index (χ4n) is 2.06. The fraction of sp³-hybridized carbons (Fsp3) is 0.500. The van der Waals surface area contributed by atoms with Crippen molar-refractivity contribution in [2.45, 2.75) is 30.7 Å². The van der Waals surface area contributed by atoms with Crippen LogP contribution in [0.25, 0.3) is 0 Å². The van der Waals surface area contributed by atoms with Gasteiger partial charge in [-0.1, -0.05) is 12.8 Å². The number of hydrogen-bond donors (Lipinski definition) is 1. The summed E-state index contributed by atoms with van der Waals surface area (Å²) in [6.45, 7) is 0. The minimum absolute atomic E-state index is 0.205. The lowest BCUT2D eigenvalue weighted by atomic mass is 10.1. The van der Waals surface area contributed by atoms with Crippen LogP contribution >= 0.6 is 11.8 Å². The van der Waals surface area contributed by atoms with E-state index in [1.165, 1.54) is 49.7 Å². The molecule has 0 amide bonds. The lowest BCUT2D eigenvalue weighted by Crippen LogP contribution is -2.04. The molecule has 1 fully saturated rings. The van der Waals surface area contributed by atoms with Gasteiger partial charge in [-0.2, -0.15) is 0 Å². The van der Waals surface area contributed by atoms with E-state index in [2.05, 4.69) is 4.98 Å². The first-order chi connectivity index (χ1) is 8.18. The van der Waals surface area contributed by atoms with E-state index in [9.17, 15) is 9.18 Å². The summed E-state index contributed by atoms with van der Waals surface area (Å²) in [5.74, 6) is -0.502. The molecule has 92 valence electrons. The Kier molecular flexibility index (Phi) is 3.99. The molecular formula is C12H14FNO2S. The SMILES string of the molecule is O=C(O)c1ccnc(SCC2CCCC2)c1F. The van der Waals surface area contributed by atoms with Gasteiger partial charge in [0.2, 0.25) is 0 Å². The van der Waals surface area contributed by atoms with Gasteiger partial charge >= 0.3 is 5.97 Å². The normalized spacial score (nSPS) is 16.3. The first-order valence-electron chi connectivity index (χ1n) is 5.69. The molecule has 5 heteroatoms. The van der Waals surface area contributed by atoms with Crippen LogP contribution in [0.15, 0.2) is 17.3 Å². The Morgan fingerprint density at radius 1 is 1.53 bits per heavy atom. The summed E-state index contributed by atoms with van der Waals surface area (Å²) in [7, 11) is 0. The molecule has 1 N–H and O–H groups in total. The minimum Gasteiger partial charge on any atom is -0.478 e. The summed E-state index contributed by atoms with van der Waals surface area (Å²) in [4.78, 5) is 14.7. The van der Waals surface area contributed by atoms with Gasteiger partial charge in [0.25, 0.3) is 0 Å². The molecule has 1 aliphatic rings. The predicted octanol–water partition coefficient (Wildman–Crippen LogP) is 3.20. The van der Waals surface area contributed by atoms with Gasteiger partial charge in [-0.3, -0.25) is 0 Å². The second kappa shape index (κ2) is 5.49. The molecule has 0 spiro atoms. The molecule has 0 bridgehead atoms. The van der Waals surface area contributed by atoms with E-state index in [4.69, 9.17) is 5.11 Å². The van der Waals surface area contributed by atoms with Crippen molar-refractivity contribution in [3.8, 4) is 0 Å². The summed E-state index contributed by atoms with van der Waals surface area (Å²) in [5.41, 5.74) is -0.297. The van der Waals surface area contributed by atoms with Crippen LogP contribution in [0.2, 0.25) is 0 Å². The van der Waals surface area contributed by atoms with Crippen molar-refractivity contribution >= 4 is 17.7 Å². The number of carboxylic acid groups (broad SMARTS) is 1. The van der Waals surface area contributed by atoms with Crippen LogP contribution < -0.4 is 0 Å². The highest BCUT2D eigenvalue weighted by Crippen LogP contribution is 2.31. The summed E-state index contributed by atoms with van der Waals surface area (Å²) >= 11 is 1.33. The van der Waals surface area contributed by atoms with E-state index in [1.807, 2.05) is 0 Å². The summed E-state index contributed by atoms with van der Waals surface area (Å²) in [5, 5.41) is 9.00. The Morgan fingerprint density at radius 3 is 2.88 bits per heavy atom. The Hall–Kier alpha value is -1.10. The largest absolute Gasteiger partial charge is 0.478 e. The van der Waals surface area contributed by atoms with Gasteiger partial charge in [-0.05, 0) is 24.8 Å². The molecule has 0 aliphatic heterocycles. The molecule has 2 rings (SSSR count). The first kappa shape index (κ1) is 12.4. The van der Waals surface area contributed by atoms with Crippen molar-refractivity contribution < 1.29 is 14.3 Å². The van der Waals surface area contributed by atoms with Crippen molar-refractivity contribution in [3.63, 3.8) is 0 Å². The Balaban J connectivity index is 2.04. The number of carbonyl (C=O) groups is 1. The zero-order valence-electron chi connectivity index (χ0n) is 9.36. The zero-order valence-corrected chi connectivity index (χ0v) is 10.2. The molecule has 1 heterocycles. The van der Waals surface area contributed by atoms with Crippen molar-refractivity contribution in [2.24, 2.45) is 5.92 Å². The smallest absolute Gasteiger partial charge is 0.338 e. The molecule has 1 aromatic heterocycles. The van der Waals surface area contributed by atoms with Crippen molar-refractivity contribution in [2.75, 3.05) is 5.75 Å². The predicted molar refractivity (Wildman–Crippen MR) is 63.8 cm³/mol. The maximum atomic E-state index is 13.7. The fourth-order valence-corrected chi connectivity index (χ4v) is 3.16. The van der Waals surface area contributed by atoms with Gasteiger partial charge in [0.1, 0.15) is 5.03 Å². The van der Waals surface area contributed by atoms with Crippen LogP contribution in [0.4, 0.5) is 4.39 Å². The summed E-state index contributed by atoms with van der Waals surface area (Å²) in [6.07, 6.45) is 6.22. The number of pyridine rings is 1. The number of aromatic nitrogens is 1. The third-order valence-electron chi connectivity index (χ3n) is 3.02. The molecule has 1 saturated carbocycles. The molecule has 0 saturated heterocycles. The number of thioether (sulfide) groups is 1. The summed E-state index contributed by atoms with van der Waals surface area (Å²) in [6, 6.07) is 1.19. The van der Waals surface area contributed by atoms with Crippen LogP contribution in [0, 0.1) is 11.7 Å². The number of rotatable bonds is 4. The van der Waals surface area contributed by atoms with E-state index in [0.717, 1.165) is 5.75 Å². The highest BCUT2D eigenvalue weighted by Gasteiger charge is 2.19. The van der Waals surface area contributed by atoms with E-state index < -0.39 is 11.8 Å². The van der Waals surface area contributed by atoms with Crippen molar-refractivity contribution in [3.05, 3.63) is 23.6 Å². The number of aromatic carboxylic acids is 1. The number of halogens is 1. The van der Waals surface area contributed by atoms with Gasteiger partial charge in [0, 0.05) is 11.9 Å². The Morgan fingerprint density at radius 2 is 2.24 bits per heavy atom. The van der Waals surface area contributed by atoms with Crippen LogP contribution in [-0.4, -0.2) is 21.8 Å². The second-order valence-corrected chi connectivity index (χ2v) is 5.25. The molecule has 0 atom stereocenters. The monoisotopic (exact) mass is 255 g/mol. The van der Waals surface area contributed by atoms with E-state index in [1.54, 1.807) is 0 Å². The first-order valence-corrected chi connectivity index (χ1v) is 6.67. The van der Waals surface area contributed by atoms with Gasteiger partial charge < -0.3 is 5.11 Å². The van der Waals surface area contributed by atoms with E-state index in [0.29, 0.717) is 5.92 Å². The standard InChI is InChI=1S/C12H14FNO2S/c13-10-9(12(15)16)5-6-14-11(10)17-7-8-3-1-2-4-8/h5-6,8H,1-4,7H2,(H,15,16). The summed E-state index contributed by atoms with van der Waals surface area (Å²) < 4.78 is 13.7. The highest BCUT2D eigenvalue weighted by atomic mass is 32.2. The molecule has 0 aromatic carbocycles. The average molecular weight is 255 g/mol. The quantitative estimate of drug-likeness (QED) is 0.839. The Bertz CT molecular complexity index is 419. The minimum atomic E-state index is -1.24. The number of carboxylic acids is 1. The lowest BCUT2D eigenvalue weighted by molar-refractivity contribution is 0.0691. The number of nitrogens with zero attached hydrogens (tertiary/aromatic N) is 1. The van der Waals surface area contributed by atoms with Crippen LogP contribution in [0.1, 0.15) is 36.0 Å². The van der Waals surface area contributed by atoms with Crippen molar-refractivity contribution in [1.82, 2.24) is 4.98 Å². The second-order valence-electron chi connectivity index (χ2n) is 4.24. The van der Waals surface area contributed by atoms with E-state index >= 15 is 0 Å². The molecule has 0 unspecified atom stereocenters. The molecule has 3 nitrogen and oxygen atoms in total. The number of hydrogen-bond acceptors (Lipinski definition) is 3. The van der Waals surface area contributed by atoms with Crippen LogP contribution in [-0.2, 0) is 0 Å². The van der Waals surface area contributed by atoms with Gasteiger partial charge in [0.05, 0.1) is 5.56 Å². The van der Waals surface area contributed by atoms with Gasteiger partial charge in [-0.25, -0.2) is 14.2 Å². The molecule has 1 aliphatic carbocycles. The van der Waals surface area contributed by atoms with Gasteiger partial charge in [-0.15, -0.1) is 11.8 Å². The maximum Gasteiger partial charge on any atom is 0.338 e. The molecular weight excluding hydrogens is 241 g/mol. The maximum absolute atomic E-state index is 13.7. The Labute approximate surface area is 103 Å². The highest BCUT2D eigenvalue weighted by molar-refractivity contribution is 7.99. The topological polar surface area (TPSA) is 50.2 Å². The van der Waals surface area contributed by atoms with Crippen LogP contribution in [0.5, 0.6) is 0 Å². The molecule has 0 radical (unpaired) electrons. The lowest BCUT2D eigenvalue weighted by Gasteiger charge is -2.08.